The zero-order valence-electron chi connectivity index (χ0n) is 9.43. The third-order valence-corrected chi connectivity index (χ3v) is 4.54. The fourth-order valence-electron chi connectivity index (χ4n) is 1.81. The number of thiophene rings is 1. The Morgan fingerprint density at radius 3 is 2.24 bits per heavy atom. The highest BCUT2D eigenvalue weighted by molar-refractivity contribution is 9.09. The van der Waals surface area contributed by atoms with Gasteiger partial charge in [0.05, 0.1) is 4.83 Å². The Morgan fingerprint density at radius 1 is 1.18 bits per heavy atom. The average Bonchev–Trinajstić information content (AvgIpc) is 2.57. The van der Waals surface area contributed by atoms with Crippen molar-refractivity contribution in [1.29, 1.82) is 0 Å². The van der Waals surface area contributed by atoms with Gasteiger partial charge in [0.15, 0.2) is 0 Å². The molecule has 1 unspecified atom stereocenters. The minimum absolute atomic E-state index is 0.0772. The SMILES string of the molecule is Cc1cc(C(Br)c2c(F)cccc2F)c(C)s1. The van der Waals surface area contributed by atoms with Gasteiger partial charge in [-0.05, 0) is 37.6 Å². The lowest BCUT2D eigenvalue weighted by Gasteiger charge is -2.12. The van der Waals surface area contributed by atoms with E-state index in [2.05, 4.69) is 15.9 Å². The normalized spacial score (nSPS) is 12.8. The molecule has 2 rings (SSSR count). The lowest BCUT2D eigenvalue weighted by Crippen LogP contribution is -2.00. The first-order chi connectivity index (χ1) is 8.00. The van der Waals surface area contributed by atoms with Crippen molar-refractivity contribution in [3.8, 4) is 0 Å². The molecule has 4 heteroatoms. The smallest absolute Gasteiger partial charge is 0.130 e. The van der Waals surface area contributed by atoms with Crippen molar-refractivity contribution in [2.24, 2.45) is 0 Å². The summed E-state index contributed by atoms with van der Waals surface area (Å²) in [5, 5.41) is 0. The van der Waals surface area contributed by atoms with Crippen LogP contribution in [0.15, 0.2) is 24.3 Å². The highest BCUT2D eigenvalue weighted by atomic mass is 79.9. The van der Waals surface area contributed by atoms with Crippen molar-refractivity contribution in [2.75, 3.05) is 0 Å². The molecule has 0 saturated carbocycles. The Kier molecular flexibility index (Phi) is 3.64. The Labute approximate surface area is 111 Å². The summed E-state index contributed by atoms with van der Waals surface area (Å²) in [5.41, 5.74) is 1.00. The topological polar surface area (TPSA) is 0 Å². The number of benzene rings is 1. The number of alkyl halides is 1. The Morgan fingerprint density at radius 2 is 1.76 bits per heavy atom. The predicted molar refractivity (Wildman–Crippen MR) is 70.9 cm³/mol. The van der Waals surface area contributed by atoms with Crippen LogP contribution < -0.4 is 0 Å². The maximum Gasteiger partial charge on any atom is 0.130 e. The fourth-order valence-corrected chi connectivity index (χ4v) is 3.84. The number of hydrogen-bond donors (Lipinski definition) is 0. The minimum Gasteiger partial charge on any atom is -0.207 e. The Hall–Kier alpha value is -0.740. The quantitative estimate of drug-likeness (QED) is 0.674. The molecule has 0 bridgehead atoms. The van der Waals surface area contributed by atoms with Crippen LogP contribution in [0.25, 0.3) is 0 Å². The third-order valence-electron chi connectivity index (χ3n) is 2.61. The predicted octanol–water partition coefficient (Wildman–Crippen LogP) is 5.13. The van der Waals surface area contributed by atoms with E-state index in [0.29, 0.717) is 0 Å². The van der Waals surface area contributed by atoms with Gasteiger partial charge in [-0.15, -0.1) is 11.3 Å². The molecule has 1 aromatic heterocycles. The number of hydrogen-bond acceptors (Lipinski definition) is 1. The molecule has 0 spiro atoms. The molecule has 2 aromatic rings. The van der Waals surface area contributed by atoms with Crippen molar-refractivity contribution in [3.05, 3.63) is 56.8 Å². The summed E-state index contributed by atoms with van der Waals surface area (Å²) in [5.74, 6) is -1.04. The lowest BCUT2D eigenvalue weighted by molar-refractivity contribution is 0.561. The van der Waals surface area contributed by atoms with Crippen LogP contribution in [0.4, 0.5) is 8.78 Å². The van der Waals surface area contributed by atoms with E-state index >= 15 is 0 Å². The second-order valence-corrected chi connectivity index (χ2v) is 6.24. The van der Waals surface area contributed by atoms with Crippen LogP contribution in [0.1, 0.15) is 25.7 Å². The summed E-state index contributed by atoms with van der Waals surface area (Å²) in [6, 6.07) is 5.90. The molecule has 1 heterocycles. The third kappa shape index (κ3) is 2.43. The Bertz CT molecular complexity index is 528. The van der Waals surface area contributed by atoms with Crippen molar-refractivity contribution in [1.82, 2.24) is 0 Å². The molecule has 1 atom stereocenters. The molecule has 0 saturated heterocycles. The van der Waals surface area contributed by atoms with Crippen molar-refractivity contribution in [3.63, 3.8) is 0 Å². The highest BCUT2D eigenvalue weighted by Crippen LogP contribution is 2.38. The monoisotopic (exact) mass is 316 g/mol. The van der Waals surface area contributed by atoms with Gasteiger partial charge < -0.3 is 0 Å². The van der Waals surface area contributed by atoms with Gasteiger partial charge in [0.1, 0.15) is 11.6 Å². The van der Waals surface area contributed by atoms with Gasteiger partial charge in [0.2, 0.25) is 0 Å². The molecular formula is C13H11BrF2S. The molecular weight excluding hydrogens is 306 g/mol. The van der Waals surface area contributed by atoms with E-state index in [1.807, 2.05) is 19.9 Å². The highest BCUT2D eigenvalue weighted by Gasteiger charge is 2.21. The van der Waals surface area contributed by atoms with Gasteiger partial charge in [0.25, 0.3) is 0 Å². The van der Waals surface area contributed by atoms with E-state index in [0.717, 1.165) is 15.3 Å². The molecule has 90 valence electrons. The summed E-state index contributed by atoms with van der Waals surface area (Å²) in [6.07, 6.45) is 0. The van der Waals surface area contributed by atoms with Crippen molar-refractivity contribution >= 4 is 27.3 Å². The fraction of sp³-hybridized carbons (Fsp3) is 0.231. The molecule has 0 aliphatic rings. The molecule has 1 aromatic carbocycles. The largest absolute Gasteiger partial charge is 0.207 e. The van der Waals surface area contributed by atoms with Crippen LogP contribution in [0.2, 0.25) is 0 Å². The van der Waals surface area contributed by atoms with E-state index in [9.17, 15) is 8.78 Å². The van der Waals surface area contributed by atoms with Gasteiger partial charge in [-0.25, -0.2) is 8.78 Å². The first kappa shape index (κ1) is 12.7. The zero-order valence-corrected chi connectivity index (χ0v) is 11.8. The first-order valence-electron chi connectivity index (χ1n) is 5.15. The molecule has 0 amide bonds. The minimum atomic E-state index is -0.518. The van der Waals surface area contributed by atoms with Gasteiger partial charge in [-0.2, -0.15) is 0 Å². The standard InChI is InChI=1S/C13H11BrF2S/c1-7-6-9(8(2)17-7)13(14)12-10(15)4-3-5-11(12)16/h3-6,13H,1-2H3. The van der Waals surface area contributed by atoms with Crippen LogP contribution in [0.3, 0.4) is 0 Å². The second-order valence-electron chi connectivity index (χ2n) is 3.87. The molecule has 17 heavy (non-hydrogen) atoms. The molecule has 0 fully saturated rings. The Balaban J connectivity index is 2.51. The van der Waals surface area contributed by atoms with Crippen LogP contribution in [-0.4, -0.2) is 0 Å². The summed E-state index contributed by atoms with van der Waals surface area (Å²) in [4.78, 5) is 1.78. The van der Waals surface area contributed by atoms with E-state index < -0.39 is 16.5 Å². The summed E-state index contributed by atoms with van der Waals surface area (Å²) >= 11 is 5.02. The van der Waals surface area contributed by atoms with E-state index in [4.69, 9.17) is 0 Å². The molecule has 0 aliphatic heterocycles. The van der Waals surface area contributed by atoms with Gasteiger partial charge in [-0.1, -0.05) is 22.0 Å². The van der Waals surface area contributed by atoms with Crippen LogP contribution in [0, 0.1) is 25.5 Å². The van der Waals surface area contributed by atoms with Crippen molar-refractivity contribution in [2.45, 2.75) is 18.7 Å². The molecule has 0 radical (unpaired) electrons. The summed E-state index contributed by atoms with van der Waals surface area (Å²) < 4.78 is 27.3. The lowest BCUT2D eigenvalue weighted by atomic mass is 10.0. The summed E-state index contributed by atoms with van der Waals surface area (Å²) in [6.45, 7) is 3.94. The van der Waals surface area contributed by atoms with Crippen molar-refractivity contribution < 1.29 is 8.78 Å². The summed E-state index contributed by atoms with van der Waals surface area (Å²) in [7, 11) is 0. The zero-order chi connectivity index (χ0) is 12.6. The average molecular weight is 317 g/mol. The number of rotatable bonds is 2. The van der Waals surface area contributed by atoms with E-state index in [-0.39, 0.29) is 5.56 Å². The molecule has 0 nitrogen and oxygen atoms in total. The van der Waals surface area contributed by atoms with Gasteiger partial charge >= 0.3 is 0 Å². The second kappa shape index (κ2) is 4.86. The molecule has 0 N–H and O–H groups in total. The van der Waals surface area contributed by atoms with Crippen LogP contribution in [-0.2, 0) is 0 Å². The van der Waals surface area contributed by atoms with Crippen LogP contribution >= 0.6 is 27.3 Å². The maximum atomic E-state index is 13.7. The van der Waals surface area contributed by atoms with Gasteiger partial charge in [0, 0.05) is 15.3 Å². The number of aryl methyl sites for hydroxylation is 2. The maximum absolute atomic E-state index is 13.7. The first-order valence-corrected chi connectivity index (χ1v) is 6.89. The van der Waals surface area contributed by atoms with E-state index in [1.54, 1.807) is 11.3 Å². The molecule has 0 aliphatic carbocycles. The number of halogens is 3. The van der Waals surface area contributed by atoms with Gasteiger partial charge in [-0.3, -0.25) is 0 Å². The van der Waals surface area contributed by atoms with Crippen LogP contribution in [0.5, 0.6) is 0 Å². The van der Waals surface area contributed by atoms with E-state index in [1.165, 1.54) is 18.2 Å².